The summed E-state index contributed by atoms with van der Waals surface area (Å²) in [7, 11) is 0. The van der Waals surface area contributed by atoms with E-state index in [1.807, 2.05) is 24.3 Å². The molecule has 0 saturated heterocycles. The number of thiazole rings is 1. The maximum atomic E-state index is 12.5. The lowest BCUT2D eigenvalue weighted by Crippen LogP contribution is -2.17. The van der Waals surface area contributed by atoms with Gasteiger partial charge in [0.1, 0.15) is 5.75 Å². The fraction of sp³-hybridized carbons (Fsp3) is 0.0952. The Labute approximate surface area is 203 Å². The molecule has 0 atom stereocenters. The van der Waals surface area contributed by atoms with E-state index < -0.39 is 6.36 Å². The molecule has 0 bridgehead atoms. The summed E-state index contributed by atoms with van der Waals surface area (Å²) in [4.78, 5) is 20.8. The van der Waals surface area contributed by atoms with Gasteiger partial charge in [0.2, 0.25) is 5.91 Å². The quantitative estimate of drug-likeness (QED) is 0.268. The summed E-state index contributed by atoms with van der Waals surface area (Å²) >= 11 is 5.92. The van der Waals surface area contributed by atoms with Crippen LogP contribution in [0.5, 0.6) is 5.75 Å². The van der Waals surface area contributed by atoms with Crippen LogP contribution in [0, 0.1) is 0 Å². The van der Waals surface area contributed by atoms with Gasteiger partial charge in [-0.1, -0.05) is 39.8 Å². The maximum Gasteiger partial charge on any atom is 0.573 e. The third-order valence-corrected chi connectivity index (χ3v) is 6.38. The van der Waals surface area contributed by atoms with Crippen LogP contribution in [0.3, 0.4) is 0 Å². The van der Waals surface area contributed by atoms with Crippen molar-refractivity contribution in [2.75, 3.05) is 11.1 Å². The van der Waals surface area contributed by atoms with Crippen LogP contribution in [0.4, 0.5) is 18.3 Å². The summed E-state index contributed by atoms with van der Waals surface area (Å²) < 4.78 is 44.2. The van der Waals surface area contributed by atoms with Crippen molar-refractivity contribution in [3.05, 3.63) is 70.8 Å². The van der Waals surface area contributed by atoms with Crippen molar-refractivity contribution in [1.82, 2.24) is 14.5 Å². The molecule has 33 heavy (non-hydrogen) atoms. The van der Waals surface area contributed by atoms with E-state index in [0.29, 0.717) is 16.0 Å². The monoisotopic (exact) mass is 554 g/mol. The third kappa shape index (κ3) is 6.15. The minimum absolute atomic E-state index is 0.0750. The summed E-state index contributed by atoms with van der Waals surface area (Å²) in [6.45, 7) is 0. The van der Waals surface area contributed by atoms with Crippen LogP contribution in [0.2, 0.25) is 0 Å². The smallest absolute Gasteiger partial charge is 0.406 e. The Balaban J connectivity index is 1.62. The zero-order valence-corrected chi connectivity index (χ0v) is 19.8. The first-order valence-electron chi connectivity index (χ1n) is 9.30. The van der Waals surface area contributed by atoms with E-state index in [1.54, 1.807) is 22.3 Å². The fourth-order valence-corrected chi connectivity index (χ4v) is 4.48. The van der Waals surface area contributed by atoms with Crippen LogP contribution < -0.4 is 10.1 Å². The number of thioether (sulfide) groups is 1. The Bertz CT molecular complexity index is 1230. The topological polar surface area (TPSA) is 69.0 Å². The predicted molar refractivity (Wildman–Crippen MR) is 125 cm³/mol. The normalized spacial score (nSPS) is 11.4. The Morgan fingerprint density at radius 3 is 2.48 bits per heavy atom. The van der Waals surface area contributed by atoms with Gasteiger partial charge in [-0.3, -0.25) is 9.36 Å². The summed E-state index contributed by atoms with van der Waals surface area (Å²) in [5.74, 6) is -0.497. The van der Waals surface area contributed by atoms with E-state index in [0.717, 1.165) is 15.7 Å². The SMILES string of the molecule is O=C(CSc1ncc(-c2ccc(Br)cc2)n1-c1ccc(OC(F)(F)F)cc1)Nc1nccs1. The summed E-state index contributed by atoms with van der Waals surface area (Å²) in [6, 6.07) is 13.0. The van der Waals surface area contributed by atoms with Gasteiger partial charge in [0.05, 0.1) is 17.6 Å². The van der Waals surface area contributed by atoms with E-state index in [1.165, 1.54) is 47.4 Å². The number of alkyl halides is 3. The van der Waals surface area contributed by atoms with E-state index in [-0.39, 0.29) is 17.4 Å². The number of nitrogens with zero attached hydrogens (tertiary/aromatic N) is 3. The van der Waals surface area contributed by atoms with Crippen molar-refractivity contribution < 1.29 is 22.7 Å². The molecule has 4 aromatic rings. The molecule has 0 aliphatic carbocycles. The van der Waals surface area contributed by atoms with Crippen molar-refractivity contribution in [1.29, 1.82) is 0 Å². The van der Waals surface area contributed by atoms with Crippen molar-refractivity contribution >= 4 is 50.1 Å². The molecule has 0 unspecified atom stereocenters. The first-order valence-corrected chi connectivity index (χ1v) is 12.0. The number of imidazole rings is 1. The molecule has 6 nitrogen and oxygen atoms in total. The van der Waals surface area contributed by atoms with E-state index in [9.17, 15) is 18.0 Å². The minimum atomic E-state index is -4.77. The van der Waals surface area contributed by atoms with Crippen molar-refractivity contribution in [2.24, 2.45) is 0 Å². The molecule has 0 aliphatic rings. The number of benzene rings is 2. The van der Waals surface area contributed by atoms with Crippen molar-refractivity contribution in [3.8, 4) is 22.7 Å². The predicted octanol–water partition coefficient (Wildman–Crippen LogP) is 6.39. The van der Waals surface area contributed by atoms with Gasteiger partial charge in [0, 0.05) is 27.3 Å². The van der Waals surface area contributed by atoms with Crippen LogP contribution in [-0.4, -0.2) is 32.6 Å². The summed E-state index contributed by atoms with van der Waals surface area (Å²) in [5.41, 5.74) is 2.14. The molecule has 0 fully saturated rings. The zero-order chi connectivity index (χ0) is 23.4. The molecule has 4 rings (SSSR count). The number of anilines is 1. The molecule has 0 aliphatic heterocycles. The summed E-state index contributed by atoms with van der Waals surface area (Å²) in [6.07, 6.45) is -1.52. The van der Waals surface area contributed by atoms with Gasteiger partial charge in [0.25, 0.3) is 0 Å². The Hall–Kier alpha value is -2.83. The standard InChI is InChI=1S/C21H14BrF3N4O2S2/c22-14-3-1-13(2-4-14)17-11-27-20(33-12-18(30)28-19-26-9-10-32-19)29(17)15-5-7-16(8-6-15)31-21(23,24)25/h1-11H,12H2,(H,26,28,30). The average molecular weight is 555 g/mol. The van der Waals surface area contributed by atoms with Gasteiger partial charge < -0.3 is 10.1 Å². The average Bonchev–Trinajstić information content (AvgIpc) is 3.42. The van der Waals surface area contributed by atoms with Crippen LogP contribution >= 0.6 is 39.0 Å². The molecule has 2 aromatic heterocycles. The molecule has 2 aromatic carbocycles. The third-order valence-electron chi connectivity index (χ3n) is 4.21. The highest BCUT2D eigenvalue weighted by atomic mass is 79.9. The molecule has 1 N–H and O–H groups in total. The highest BCUT2D eigenvalue weighted by molar-refractivity contribution is 9.10. The van der Waals surface area contributed by atoms with Gasteiger partial charge in [-0.2, -0.15) is 0 Å². The number of amides is 1. The lowest BCUT2D eigenvalue weighted by molar-refractivity contribution is -0.274. The number of carbonyl (C=O) groups is 1. The second-order valence-electron chi connectivity index (χ2n) is 6.48. The largest absolute Gasteiger partial charge is 0.573 e. The van der Waals surface area contributed by atoms with Gasteiger partial charge in [-0.25, -0.2) is 9.97 Å². The second-order valence-corrected chi connectivity index (χ2v) is 9.24. The molecule has 12 heteroatoms. The molecule has 0 radical (unpaired) electrons. The molecule has 170 valence electrons. The number of halogens is 4. The number of ether oxygens (including phenoxy) is 1. The molecule has 0 spiro atoms. The van der Waals surface area contributed by atoms with Crippen molar-refractivity contribution in [3.63, 3.8) is 0 Å². The van der Waals surface area contributed by atoms with E-state index >= 15 is 0 Å². The minimum Gasteiger partial charge on any atom is -0.406 e. The van der Waals surface area contributed by atoms with E-state index in [2.05, 4.69) is 36.0 Å². The lowest BCUT2D eigenvalue weighted by Gasteiger charge is -2.14. The first kappa shape index (κ1) is 23.3. The number of nitrogens with one attached hydrogen (secondary N) is 1. The fourth-order valence-electron chi connectivity index (χ4n) is 2.88. The number of rotatable bonds is 7. The number of aromatic nitrogens is 3. The lowest BCUT2D eigenvalue weighted by atomic mass is 10.1. The van der Waals surface area contributed by atoms with Gasteiger partial charge in [0.15, 0.2) is 10.3 Å². The van der Waals surface area contributed by atoms with E-state index in [4.69, 9.17) is 0 Å². The highest BCUT2D eigenvalue weighted by Crippen LogP contribution is 2.32. The number of hydrogen-bond acceptors (Lipinski definition) is 6. The number of carbonyl (C=O) groups excluding carboxylic acids is 1. The number of hydrogen-bond donors (Lipinski definition) is 1. The Morgan fingerprint density at radius 1 is 1.12 bits per heavy atom. The van der Waals surface area contributed by atoms with Crippen molar-refractivity contribution in [2.45, 2.75) is 11.5 Å². The Kier molecular flexibility index (Phi) is 7.05. The van der Waals surface area contributed by atoms with Crippen LogP contribution in [0.25, 0.3) is 16.9 Å². The summed E-state index contributed by atoms with van der Waals surface area (Å²) in [5, 5.41) is 5.47. The Morgan fingerprint density at radius 2 is 1.85 bits per heavy atom. The van der Waals surface area contributed by atoms with Gasteiger partial charge >= 0.3 is 6.36 Å². The first-order chi connectivity index (χ1) is 15.8. The van der Waals surface area contributed by atoms with Crippen LogP contribution in [0.1, 0.15) is 0 Å². The molecule has 1 amide bonds. The maximum absolute atomic E-state index is 12.5. The molecule has 2 heterocycles. The molecular formula is C21H14BrF3N4O2S2. The highest BCUT2D eigenvalue weighted by Gasteiger charge is 2.31. The van der Waals surface area contributed by atoms with Crippen LogP contribution in [0.15, 0.2) is 75.9 Å². The molecule has 0 saturated carbocycles. The molecular weight excluding hydrogens is 541 g/mol. The second kappa shape index (κ2) is 9.98. The van der Waals surface area contributed by atoms with Gasteiger partial charge in [-0.05, 0) is 36.4 Å². The zero-order valence-electron chi connectivity index (χ0n) is 16.5. The van der Waals surface area contributed by atoms with Crippen LogP contribution in [-0.2, 0) is 4.79 Å². The van der Waals surface area contributed by atoms with Gasteiger partial charge in [-0.15, -0.1) is 24.5 Å².